The zero-order chi connectivity index (χ0) is 17.2. The van der Waals surface area contributed by atoms with Crippen molar-refractivity contribution in [2.24, 2.45) is 22.7 Å². The second-order valence-electron chi connectivity index (χ2n) is 8.32. The molecule has 1 aliphatic carbocycles. The van der Waals surface area contributed by atoms with Gasteiger partial charge in [0.25, 0.3) is 0 Å². The molecule has 1 saturated carbocycles. The van der Waals surface area contributed by atoms with Crippen LogP contribution in [0.4, 0.5) is 0 Å². The molecule has 1 rings (SSSR count). The fraction of sp³-hybridized carbons (Fsp3) is 0.750. The highest BCUT2D eigenvalue weighted by atomic mass is 16.3. The molecule has 126 valence electrons. The predicted molar refractivity (Wildman–Crippen MR) is 93.7 cm³/mol. The van der Waals surface area contributed by atoms with E-state index in [1.807, 2.05) is 0 Å². The van der Waals surface area contributed by atoms with Gasteiger partial charge in [0.2, 0.25) is 0 Å². The molecular formula is C20H34O2. The number of carbonyl (C=O) groups excluding carboxylic acids is 1. The van der Waals surface area contributed by atoms with E-state index in [0.29, 0.717) is 18.8 Å². The van der Waals surface area contributed by atoms with Crippen molar-refractivity contribution in [3.8, 4) is 0 Å². The van der Waals surface area contributed by atoms with Gasteiger partial charge < -0.3 is 5.11 Å². The zero-order valence-corrected chi connectivity index (χ0v) is 15.1. The van der Waals surface area contributed by atoms with Crippen LogP contribution in [0.1, 0.15) is 66.7 Å². The minimum Gasteiger partial charge on any atom is -0.386 e. The van der Waals surface area contributed by atoms with Gasteiger partial charge in [-0.2, -0.15) is 0 Å². The summed E-state index contributed by atoms with van der Waals surface area (Å²) < 4.78 is 0. The summed E-state index contributed by atoms with van der Waals surface area (Å²) in [6, 6.07) is 0. The van der Waals surface area contributed by atoms with E-state index < -0.39 is 5.60 Å². The van der Waals surface area contributed by atoms with E-state index in [4.69, 9.17) is 0 Å². The Labute approximate surface area is 136 Å². The first-order valence-electron chi connectivity index (χ1n) is 8.49. The molecule has 1 aliphatic rings. The molecule has 0 heterocycles. The lowest BCUT2D eigenvalue weighted by atomic mass is 9.51. The van der Waals surface area contributed by atoms with E-state index >= 15 is 0 Å². The van der Waals surface area contributed by atoms with Gasteiger partial charge in [-0.1, -0.05) is 39.3 Å². The number of rotatable bonds is 7. The van der Waals surface area contributed by atoms with Crippen molar-refractivity contribution in [1.82, 2.24) is 0 Å². The van der Waals surface area contributed by atoms with Gasteiger partial charge in [0, 0.05) is 5.92 Å². The van der Waals surface area contributed by atoms with Crippen LogP contribution in [0.15, 0.2) is 25.3 Å². The maximum absolute atomic E-state index is 12.4. The topological polar surface area (TPSA) is 37.3 Å². The third kappa shape index (κ3) is 3.90. The van der Waals surface area contributed by atoms with Crippen molar-refractivity contribution in [1.29, 1.82) is 0 Å². The molecule has 0 aromatic heterocycles. The van der Waals surface area contributed by atoms with E-state index in [1.165, 1.54) is 6.42 Å². The van der Waals surface area contributed by atoms with Crippen molar-refractivity contribution in [3.63, 3.8) is 0 Å². The molecule has 1 fully saturated rings. The molecule has 0 aromatic rings. The molecule has 0 aromatic carbocycles. The second kappa shape index (κ2) is 6.70. The number of carbonyl (C=O) groups is 1. The lowest BCUT2D eigenvalue weighted by molar-refractivity contribution is -0.130. The average molecular weight is 306 g/mol. The van der Waals surface area contributed by atoms with Gasteiger partial charge in [-0.15, -0.1) is 13.2 Å². The minimum atomic E-state index is -0.905. The summed E-state index contributed by atoms with van der Waals surface area (Å²) >= 11 is 0. The molecule has 0 bridgehead atoms. The number of aliphatic hydroxyl groups is 1. The molecule has 0 aliphatic heterocycles. The normalized spacial score (nSPS) is 31.8. The minimum absolute atomic E-state index is 0.0403. The summed E-state index contributed by atoms with van der Waals surface area (Å²) in [5.41, 5.74) is -0.812. The second-order valence-corrected chi connectivity index (χ2v) is 8.32. The Kier molecular flexibility index (Phi) is 5.83. The molecule has 0 saturated heterocycles. The van der Waals surface area contributed by atoms with Gasteiger partial charge >= 0.3 is 0 Å². The van der Waals surface area contributed by atoms with Gasteiger partial charge in [0.15, 0.2) is 0 Å². The summed E-state index contributed by atoms with van der Waals surface area (Å²) in [7, 11) is 0. The number of hydrogen-bond acceptors (Lipinski definition) is 2. The molecular weight excluding hydrogens is 272 g/mol. The molecule has 4 unspecified atom stereocenters. The van der Waals surface area contributed by atoms with E-state index in [2.05, 4.69) is 40.0 Å². The molecule has 0 amide bonds. The Bertz CT molecular complexity index is 433. The van der Waals surface area contributed by atoms with Gasteiger partial charge in [0.1, 0.15) is 5.78 Å². The Hall–Kier alpha value is -0.890. The summed E-state index contributed by atoms with van der Waals surface area (Å²) in [6.45, 7) is 18.0. The fourth-order valence-electron chi connectivity index (χ4n) is 4.64. The fourth-order valence-corrected chi connectivity index (χ4v) is 4.64. The Morgan fingerprint density at radius 3 is 2.41 bits per heavy atom. The van der Waals surface area contributed by atoms with E-state index in [-0.39, 0.29) is 22.5 Å². The SMILES string of the molecule is C=CC1C(C)(C)CCCC1(C)C(CCC(C)(O)C=C)C(C)=O. The summed E-state index contributed by atoms with van der Waals surface area (Å²) in [6.07, 6.45) is 8.27. The Balaban J connectivity index is 3.09. The van der Waals surface area contributed by atoms with Crippen LogP contribution in [-0.2, 0) is 4.79 Å². The molecule has 1 N–H and O–H groups in total. The Morgan fingerprint density at radius 2 is 1.95 bits per heavy atom. The number of hydrogen-bond donors (Lipinski definition) is 1. The highest BCUT2D eigenvalue weighted by molar-refractivity contribution is 5.79. The first kappa shape index (κ1) is 19.2. The van der Waals surface area contributed by atoms with Crippen molar-refractivity contribution in [2.75, 3.05) is 0 Å². The first-order valence-corrected chi connectivity index (χ1v) is 8.49. The van der Waals surface area contributed by atoms with Gasteiger partial charge in [-0.25, -0.2) is 0 Å². The van der Waals surface area contributed by atoms with Crippen LogP contribution >= 0.6 is 0 Å². The maximum atomic E-state index is 12.4. The summed E-state index contributed by atoms with van der Waals surface area (Å²) in [4.78, 5) is 12.4. The molecule has 22 heavy (non-hydrogen) atoms. The monoisotopic (exact) mass is 306 g/mol. The van der Waals surface area contributed by atoms with Crippen LogP contribution in [0, 0.1) is 22.7 Å². The molecule has 0 spiro atoms. The third-order valence-electron chi connectivity index (χ3n) is 5.99. The lowest BCUT2D eigenvalue weighted by Crippen LogP contribution is -2.47. The van der Waals surface area contributed by atoms with E-state index in [0.717, 1.165) is 12.8 Å². The van der Waals surface area contributed by atoms with Crippen molar-refractivity contribution >= 4 is 5.78 Å². The highest BCUT2D eigenvalue weighted by Crippen LogP contribution is 2.56. The maximum Gasteiger partial charge on any atom is 0.133 e. The molecule has 2 heteroatoms. The third-order valence-corrected chi connectivity index (χ3v) is 5.99. The van der Waals surface area contributed by atoms with Gasteiger partial charge in [-0.05, 0) is 56.3 Å². The first-order chi connectivity index (χ1) is 10.00. The van der Waals surface area contributed by atoms with Crippen molar-refractivity contribution in [2.45, 2.75) is 72.3 Å². The smallest absolute Gasteiger partial charge is 0.133 e. The summed E-state index contributed by atoms with van der Waals surface area (Å²) in [5, 5.41) is 10.2. The van der Waals surface area contributed by atoms with Crippen molar-refractivity contribution < 1.29 is 9.90 Å². The molecule has 4 atom stereocenters. The van der Waals surface area contributed by atoms with Crippen molar-refractivity contribution in [3.05, 3.63) is 25.3 Å². The van der Waals surface area contributed by atoms with E-state index in [1.54, 1.807) is 19.9 Å². The molecule has 0 radical (unpaired) electrons. The standard InChI is InChI=1S/C20H34O2/c1-8-17-18(4,5)12-10-13-20(17,7)16(15(3)21)11-14-19(6,22)9-2/h8-9,16-17,22H,1-2,10-14H2,3-7H3. The summed E-state index contributed by atoms with van der Waals surface area (Å²) in [5.74, 6) is 0.504. The molecule has 2 nitrogen and oxygen atoms in total. The Morgan fingerprint density at radius 1 is 1.36 bits per heavy atom. The van der Waals surface area contributed by atoms with Crippen LogP contribution in [0.5, 0.6) is 0 Å². The predicted octanol–water partition coefficient (Wildman–Crippen LogP) is 4.93. The van der Waals surface area contributed by atoms with Gasteiger partial charge in [-0.3, -0.25) is 4.79 Å². The highest BCUT2D eigenvalue weighted by Gasteiger charge is 2.50. The van der Waals surface area contributed by atoms with Crippen LogP contribution < -0.4 is 0 Å². The number of allylic oxidation sites excluding steroid dienone is 1. The number of ketones is 1. The van der Waals surface area contributed by atoms with Crippen LogP contribution in [0.2, 0.25) is 0 Å². The van der Waals surface area contributed by atoms with Crippen LogP contribution in [0.25, 0.3) is 0 Å². The lowest BCUT2D eigenvalue weighted by Gasteiger charge is -2.53. The largest absolute Gasteiger partial charge is 0.386 e. The quantitative estimate of drug-likeness (QED) is 0.677. The van der Waals surface area contributed by atoms with Crippen LogP contribution in [0.3, 0.4) is 0 Å². The zero-order valence-electron chi connectivity index (χ0n) is 15.1. The van der Waals surface area contributed by atoms with Crippen LogP contribution in [-0.4, -0.2) is 16.5 Å². The average Bonchev–Trinajstić information content (AvgIpc) is 2.37. The number of Topliss-reactive ketones (excluding diaryl/α,β-unsaturated/α-hetero) is 1. The van der Waals surface area contributed by atoms with Gasteiger partial charge in [0.05, 0.1) is 5.60 Å². The van der Waals surface area contributed by atoms with E-state index in [9.17, 15) is 9.90 Å².